The predicted molar refractivity (Wildman–Crippen MR) is 77.8 cm³/mol. The van der Waals surface area contributed by atoms with Crippen LogP contribution >= 0.6 is 0 Å². The van der Waals surface area contributed by atoms with Crippen LogP contribution in [0.1, 0.15) is 43.9 Å². The van der Waals surface area contributed by atoms with Crippen LogP contribution in [-0.2, 0) is 11.2 Å². The lowest BCUT2D eigenvalue weighted by atomic mass is 9.85. The predicted octanol–water partition coefficient (Wildman–Crippen LogP) is 3.09. The van der Waals surface area contributed by atoms with Crippen molar-refractivity contribution < 1.29 is 9.47 Å². The number of nitrogens with one attached hydrogen (secondary N) is 1. The molecule has 1 aliphatic rings. The summed E-state index contributed by atoms with van der Waals surface area (Å²) in [7, 11) is 1.72. The first kappa shape index (κ1) is 14.4. The zero-order valence-electron chi connectivity index (χ0n) is 12.2. The van der Waals surface area contributed by atoms with Gasteiger partial charge in [-0.15, -0.1) is 0 Å². The van der Waals surface area contributed by atoms with Gasteiger partial charge in [0.05, 0.1) is 19.3 Å². The molecule has 0 heterocycles. The first-order valence-corrected chi connectivity index (χ1v) is 7.32. The van der Waals surface area contributed by atoms with Crippen molar-refractivity contribution in [1.29, 1.82) is 0 Å². The summed E-state index contributed by atoms with van der Waals surface area (Å²) < 4.78 is 11.3. The third-order valence-electron chi connectivity index (χ3n) is 3.72. The van der Waals surface area contributed by atoms with Crippen molar-refractivity contribution in [3.8, 4) is 5.75 Å². The Morgan fingerprint density at radius 3 is 2.84 bits per heavy atom. The number of methoxy groups -OCH3 is 1. The Bertz CT molecular complexity index is 406. The second-order valence-corrected chi connectivity index (χ2v) is 5.05. The van der Waals surface area contributed by atoms with Crippen molar-refractivity contribution in [3.05, 3.63) is 29.3 Å². The summed E-state index contributed by atoms with van der Waals surface area (Å²) >= 11 is 0. The van der Waals surface area contributed by atoms with Crippen LogP contribution in [0.2, 0.25) is 0 Å². The summed E-state index contributed by atoms with van der Waals surface area (Å²) in [5.74, 6) is 0.946. The topological polar surface area (TPSA) is 30.5 Å². The molecule has 0 spiro atoms. The van der Waals surface area contributed by atoms with E-state index >= 15 is 0 Å². The average Bonchev–Trinajstić information content (AvgIpc) is 2.46. The number of ether oxygens (including phenoxy) is 2. The third-order valence-corrected chi connectivity index (χ3v) is 3.72. The van der Waals surface area contributed by atoms with Gasteiger partial charge in [0, 0.05) is 6.61 Å². The Labute approximate surface area is 116 Å². The van der Waals surface area contributed by atoms with Crippen LogP contribution in [0.5, 0.6) is 5.75 Å². The van der Waals surface area contributed by atoms with Crippen LogP contribution in [-0.4, -0.2) is 26.4 Å². The third kappa shape index (κ3) is 3.28. The van der Waals surface area contributed by atoms with Gasteiger partial charge >= 0.3 is 0 Å². The van der Waals surface area contributed by atoms with Gasteiger partial charge in [0.2, 0.25) is 0 Å². The van der Waals surface area contributed by atoms with Crippen LogP contribution < -0.4 is 10.1 Å². The Morgan fingerprint density at radius 2 is 2.16 bits per heavy atom. The SMILES string of the molecule is CCCOC1CCc2cc(OC)ccc2C1NCC. The van der Waals surface area contributed by atoms with E-state index in [9.17, 15) is 0 Å². The molecule has 0 radical (unpaired) electrons. The average molecular weight is 263 g/mol. The number of benzene rings is 1. The van der Waals surface area contributed by atoms with Crippen molar-refractivity contribution in [3.63, 3.8) is 0 Å². The van der Waals surface area contributed by atoms with Crippen molar-refractivity contribution >= 4 is 0 Å². The number of fused-ring (bicyclic) bond motifs is 1. The summed E-state index contributed by atoms with van der Waals surface area (Å²) in [5.41, 5.74) is 2.76. The molecule has 106 valence electrons. The second kappa shape index (κ2) is 6.92. The lowest BCUT2D eigenvalue weighted by Gasteiger charge is -2.34. The molecule has 0 aliphatic heterocycles. The van der Waals surface area contributed by atoms with Crippen LogP contribution in [0.3, 0.4) is 0 Å². The van der Waals surface area contributed by atoms with Gasteiger partial charge in [-0.25, -0.2) is 0 Å². The van der Waals surface area contributed by atoms with E-state index in [4.69, 9.17) is 9.47 Å². The maximum absolute atomic E-state index is 6.02. The van der Waals surface area contributed by atoms with Gasteiger partial charge in [-0.05, 0) is 49.1 Å². The van der Waals surface area contributed by atoms with Crippen molar-refractivity contribution in [1.82, 2.24) is 5.32 Å². The number of likely N-dealkylation sites (N-methyl/N-ethyl adjacent to an activating group) is 1. The fourth-order valence-electron chi connectivity index (χ4n) is 2.80. The molecule has 2 unspecified atom stereocenters. The molecule has 3 nitrogen and oxygen atoms in total. The molecule has 2 atom stereocenters. The Balaban J connectivity index is 2.21. The zero-order valence-corrected chi connectivity index (χ0v) is 12.2. The van der Waals surface area contributed by atoms with E-state index in [1.807, 2.05) is 6.07 Å². The minimum absolute atomic E-state index is 0.292. The van der Waals surface area contributed by atoms with Crippen LogP contribution in [0, 0.1) is 0 Å². The molecule has 0 aromatic heterocycles. The highest BCUT2D eigenvalue weighted by Crippen LogP contribution is 2.34. The first-order chi connectivity index (χ1) is 9.30. The minimum atomic E-state index is 0.292. The molecule has 1 N–H and O–H groups in total. The van der Waals surface area contributed by atoms with E-state index < -0.39 is 0 Å². The molecular formula is C16H25NO2. The van der Waals surface area contributed by atoms with Gasteiger partial charge in [0.1, 0.15) is 5.75 Å². The number of hydrogen-bond acceptors (Lipinski definition) is 3. The second-order valence-electron chi connectivity index (χ2n) is 5.05. The van der Waals surface area contributed by atoms with E-state index in [0.717, 1.165) is 38.2 Å². The zero-order chi connectivity index (χ0) is 13.7. The fourth-order valence-corrected chi connectivity index (χ4v) is 2.80. The highest BCUT2D eigenvalue weighted by Gasteiger charge is 2.29. The van der Waals surface area contributed by atoms with Gasteiger partial charge < -0.3 is 14.8 Å². The van der Waals surface area contributed by atoms with Gasteiger partial charge in [-0.3, -0.25) is 0 Å². The first-order valence-electron chi connectivity index (χ1n) is 7.32. The Kier molecular flexibility index (Phi) is 5.23. The monoisotopic (exact) mass is 263 g/mol. The largest absolute Gasteiger partial charge is 0.497 e. The number of hydrogen-bond donors (Lipinski definition) is 1. The smallest absolute Gasteiger partial charge is 0.119 e. The molecule has 0 amide bonds. The highest BCUT2D eigenvalue weighted by molar-refractivity contribution is 5.39. The molecule has 0 saturated heterocycles. The van der Waals surface area contributed by atoms with Gasteiger partial charge in [0.25, 0.3) is 0 Å². The lowest BCUT2D eigenvalue weighted by molar-refractivity contribution is 0.0163. The van der Waals surface area contributed by atoms with Gasteiger partial charge in [0.15, 0.2) is 0 Å². The Hall–Kier alpha value is -1.06. The van der Waals surface area contributed by atoms with Gasteiger partial charge in [-0.1, -0.05) is 19.9 Å². The molecule has 0 fully saturated rings. The molecule has 1 aromatic carbocycles. The summed E-state index contributed by atoms with van der Waals surface area (Å²) in [6.45, 7) is 6.11. The molecule has 19 heavy (non-hydrogen) atoms. The summed E-state index contributed by atoms with van der Waals surface area (Å²) in [6.07, 6.45) is 3.52. The van der Waals surface area contributed by atoms with Crippen LogP contribution in [0.25, 0.3) is 0 Å². The molecule has 3 heteroatoms. The molecule has 2 rings (SSSR count). The minimum Gasteiger partial charge on any atom is -0.497 e. The maximum atomic E-state index is 6.02. The molecular weight excluding hydrogens is 238 g/mol. The quantitative estimate of drug-likeness (QED) is 0.855. The highest BCUT2D eigenvalue weighted by atomic mass is 16.5. The summed E-state index contributed by atoms with van der Waals surface area (Å²) in [5, 5.41) is 3.57. The molecule has 0 saturated carbocycles. The van der Waals surface area contributed by atoms with E-state index in [1.54, 1.807) is 7.11 Å². The molecule has 1 aliphatic carbocycles. The van der Waals surface area contributed by atoms with Gasteiger partial charge in [-0.2, -0.15) is 0 Å². The lowest BCUT2D eigenvalue weighted by Crippen LogP contribution is -2.37. The van der Waals surface area contributed by atoms with E-state index in [2.05, 4.69) is 31.3 Å². The Morgan fingerprint density at radius 1 is 1.32 bits per heavy atom. The molecule has 0 bridgehead atoms. The van der Waals surface area contributed by atoms with Crippen LogP contribution in [0.4, 0.5) is 0 Å². The van der Waals surface area contributed by atoms with E-state index in [1.165, 1.54) is 11.1 Å². The summed E-state index contributed by atoms with van der Waals surface area (Å²) in [6, 6.07) is 6.70. The fraction of sp³-hybridized carbons (Fsp3) is 0.625. The standard InChI is InChI=1S/C16H25NO2/c1-4-10-19-15-9-6-12-11-13(18-3)7-8-14(12)16(15)17-5-2/h7-8,11,15-17H,4-6,9-10H2,1-3H3. The van der Waals surface area contributed by atoms with Crippen molar-refractivity contribution in [2.45, 2.75) is 45.3 Å². The van der Waals surface area contributed by atoms with Crippen molar-refractivity contribution in [2.75, 3.05) is 20.3 Å². The molecule has 1 aromatic rings. The number of aryl methyl sites for hydroxylation is 1. The maximum Gasteiger partial charge on any atom is 0.119 e. The van der Waals surface area contributed by atoms with Crippen LogP contribution in [0.15, 0.2) is 18.2 Å². The van der Waals surface area contributed by atoms with Crippen molar-refractivity contribution in [2.24, 2.45) is 0 Å². The normalized spacial score (nSPS) is 22.1. The summed E-state index contributed by atoms with van der Waals surface area (Å²) in [4.78, 5) is 0. The van der Waals surface area contributed by atoms with E-state index in [-0.39, 0.29) is 0 Å². The number of rotatable bonds is 6. The van der Waals surface area contributed by atoms with E-state index in [0.29, 0.717) is 12.1 Å².